The summed E-state index contributed by atoms with van der Waals surface area (Å²) in [5, 5.41) is 7.11. The van der Waals surface area contributed by atoms with Crippen molar-refractivity contribution >= 4 is 18.3 Å². The number of aromatic nitrogens is 3. The van der Waals surface area contributed by atoms with Crippen molar-refractivity contribution in [1.29, 1.82) is 0 Å². The van der Waals surface area contributed by atoms with Gasteiger partial charge in [-0.05, 0) is 18.1 Å². The van der Waals surface area contributed by atoms with Crippen LogP contribution >= 0.6 is 12.4 Å². The van der Waals surface area contributed by atoms with Crippen LogP contribution in [0.3, 0.4) is 0 Å². The Labute approximate surface area is 142 Å². The number of rotatable bonds is 8. The van der Waals surface area contributed by atoms with E-state index in [9.17, 15) is 4.79 Å². The zero-order chi connectivity index (χ0) is 15.8. The number of nitrogens with zero attached hydrogens (tertiary/aromatic N) is 3. The molecule has 1 heterocycles. The van der Waals surface area contributed by atoms with E-state index >= 15 is 0 Å². The second-order valence-electron chi connectivity index (χ2n) is 5.30. The molecule has 0 spiro atoms. The summed E-state index contributed by atoms with van der Waals surface area (Å²) >= 11 is 0. The van der Waals surface area contributed by atoms with Crippen molar-refractivity contribution in [2.45, 2.75) is 38.8 Å². The Bertz CT molecular complexity index is 588. The zero-order valence-corrected chi connectivity index (χ0v) is 14.1. The molecule has 6 nitrogen and oxygen atoms in total. The summed E-state index contributed by atoms with van der Waals surface area (Å²) in [6, 6.07) is 7.56. The third-order valence-corrected chi connectivity index (χ3v) is 3.59. The van der Waals surface area contributed by atoms with Gasteiger partial charge in [-0.2, -0.15) is 5.10 Å². The topological polar surface area (TPSA) is 85.8 Å². The van der Waals surface area contributed by atoms with Crippen LogP contribution in [-0.2, 0) is 6.54 Å². The number of carbonyl (C=O) groups is 1. The molecular formula is C16H24ClN5O. The van der Waals surface area contributed by atoms with E-state index in [1.165, 1.54) is 6.33 Å². The first-order valence-corrected chi connectivity index (χ1v) is 7.65. The molecular weight excluding hydrogens is 314 g/mol. The number of unbranched alkanes of at least 4 members (excludes halogenated alkanes) is 1. The molecule has 7 heteroatoms. The highest BCUT2D eigenvalue weighted by Gasteiger charge is 2.15. The smallest absolute Gasteiger partial charge is 0.251 e. The van der Waals surface area contributed by atoms with E-state index in [0.717, 1.165) is 24.8 Å². The first-order valence-electron chi connectivity index (χ1n) is 7.65. The highest BCUT2D eigenvalue weighted by atomic mass is 35.5. The van der Waals surface area contributed by atoms with Gasteiger partial charge >= 0.3 is 0 Å². The summed E-state index contributed by atoms with van der Waals surface area (Å²) in [5.74, 6) is -0.0812. The molecule has 3 N–H and O–H groups in total. The fourth-order valence-corrected chi connectivity index (χ4v) is 2.33. The number of hydrogen-bond donors (Lipinski definition) is 2. The van der Waals surface area contributed by atoms with Gasteiger partial charge in [-0.25, -0.2) is 9.67 Å². The number of nitrogens with one attached hydrogen (secondary N) is 1. The SMILES string of the molecule is CCCCC(CN)NC(=O)c1ccccc1Cn1cncn1.Cl. The molecule has 0 aliphatic heterocycles. The molecule has 2 rings (SSSR count). The average molecular weight is 338 g/mol. The van der Waals surface area contributed by atoms with Gasteiger partial charge in [-0.15, -0.1) is 12.4 Å². The number of benzene rings is 1. The third kappa shape index (κ3) is 5.65. The number of nitrogens with two attached hydrogens (primary N) is 1. The molecule has 126 valence electrons. The zero-order valence-electron chi connectivity index (χ0n) is 13.3. The van der Waals surface area contributed by atoms with E-state index in [4.69, 9.17) is 5.73 Å². The van der Waals surface area contributed by atoms with Crippen molar-refractivity contribution in [3.05, 3.63) is 48.0 Å². The van der Waals surface area contributed by atoms with Gasteiger partial charge in [0.05, 0.1) is 6.54 Å². The highest BCUT2D eigenvalue weighted by molar-refractivity contribution is 5.95. The molecule has 0 saturated carbocycles. The number of amides is 1. The van der Waals surface area contributed by atoms with Gasteiger partial charge in [-0.3, -0.25) is 4.79 Å². The van der Waals surface area contributed by atoms with Gasteiger partial charge in [-0.1, -0.05) is 38.0 Å². The molecule has 0 aliphatic rings. The Hall–Kier alpha value is -1.92. The molecule has 1 unspecified atom stereocenters. The van der Waals surface area contributed by atoms with Crippen LogP contribution in [0.2, 0.25) is 0 Å². The van der Waals surface area contributed by atoms with E-state index < -0.39 is 0 Å². The van der Waals surface area contributed by atoms with Crippen molar-refractivity contribution in [2.24, 2.45) is 5.73 Å². The van der Waals surface area contributed by atoms with Crippen molar-refractivity contribution in [3.63, 3.8) is 0 Å². The monoisotopic (exact) mass is 337 g/mol. The molecule has 0 saturated heterocycles. The third-order valence-electron chi connectivity index (χ3n) is 3.59. The summed E-state index contributed by atoms with van der Waals surface area (Å²) in [4.78, 5) is 16.4. The lowest BCUT2D eigenvalue weighted by Crippen LogP contribution is -2.40. The first-order chi connectivity index (χ1) is 10.7. The van der Waals surface area contributed by atoms with E-state index in [-0.39, 0.29) is 24.4 Å². The van der Waals surface area contributed by atoms with Gasteiger partial charge in [0, 0.05) is 18.2 Å². The second-order valence-corrected chi connectivity index (χ2v) is 5.30. The summed E-state index contributed by atoms with van der Waals surface area (Å²) in [6.45, 7) is 3.10. The maximum Gasteiger partial charge on any atom is 0.251 e. The fourth-order valence-electron chi connectivity index (χ4n) is 2.33. The minimum absolute atomic E-state index is 0. The Morgan fingerprint density at radius 2 is 2.17 bits per heavy atom. The molecule has 0 fully saturated rings. The predicted octanol–water partition coefficient (Wildman–Crippen LogP) is 2.00. The van der Waals surface area contributed by atoms with Crippen LogP contribution in [0.4, 0.5) is 0 Å². The van der Waals surface area contributed by atoms with E-state index in [0.29, 0.717) is 18.7 Å². The standard InChI is InChI=1S/C16H23N5O.ClH/c1-2-3-7-14(9-17)20-16(22)15-8-5-4-6-13(15)10-21-12-18-11-19-21;/h4-6,8,11-12,14H,2-3,7,9-10,17H2,1H3,(H,20,22);1H. The lowest BCUT2D eigenvalue weighted by molar-refractivity contribution is 0.0934. The average Bonchev–Trinajstić information content (AvgIpc) is 3.04. The largest absolute Gasteiger partial charge is 0.348 e. The number of hydrogen-bond acceptors (Lipinski definition) is 4. The number of halogens is 1. The van der Waals surface area contributed by atoms with Gasteiger partial charge in [0.25, 0.3) is 5.91 Å². The molecule has 1 atom stereocenters. The van der Waals surface area contributed by atoms with Crippen LogP contribution in [0.5, 0.6) is 0 Å². The summed E-state index contributed by atoms with van der Waals surface area (Å²) in [7, 11) is 0. The fraction of sp³-hybridized carbons (Fsp3) is 0.438. The summed E-state index contributed by atoms with van der Waals surface area (Å²) in [5.41, 5.74) is 7.32. The molecule has 0 bridgehead atoms. The molecule has 1 aromatic heterocycles. The van der Waals surface area contributed by atoms with Crippen molar-refractivity contribution < 1.29 is 4.79 Å². The molecule has 23 heavy (non-hydrogen) atoms. The quantitative estimate of drug-likeness (QED) is 0.771. The summed E-state index contributed by atoms with van der Waals surface area (Å²) < 4.78 is 1.70. The molecule has 1 aromatic carbocycles. The lowest BCUT2D eigenvalue weighted by Gasteiger charge is -2.17. The second kappa shape index (κ2) is 9.97. The predicted molar refractivity (Wildman–Crippen MR) is 92.6 cm³/mol. The van der Waals surface area contributed by atoms with Crippen LogP contribution in [-0.4, -0.2) is 33.3 Å². The minimum Gasteiger partial charge on any atom is -0.348 e. The minimum atomic E-state index is -0.0812. The highest BCUT2D eigenvalue weighted by Crippen LogP contribution is 2.11. The van der Waals surface area contributed by atoms with Crippen molar-refractivity contribution in [1.82, 2.24) is 20.1 Å². The van der Waals surface area contributed by atoms with Crippen LogP contribution in [0.25, 0.3) is 0 Å². The van der Waals surface area contributed by atoms with Crippen molar-refractivity contribution in [3.8, 4) is 0 Å². The maximum absolute atomic E-state index is 12.5. The van der Waals surface area contributed by atoms with Gasteiger partial charge in [0.2, 0.25) is 0 Å². The van der Waals surface area contributed by atoms with Gasteiger partial charge in [0.15, 0.2) is 0 Å². The van der Waals surface area contributed by atoms with E-state index in [1.807, 2.05) is 24.3 Å². The van der Waals surface area contributed by atoms with Gasteiger partial charge < -0.3 is 11.1 Å². The number of carbonyl (C=O) groups excluding carboxylic acids is 1. The van der Waals surface area contributed by atoms with E-state index in [2.05, 4.69) is 22.3 Å². The van der Waals surface area contributed by atoms with Crippen LogP contribution in [0.15, 0.2) is 36.9 Å². The Morgan fingerprint density at radius 1 is 1.39 bits per heavy atom. The maximum atomic E-state index is 12.5. The Balaban J connectivity index is 0.00000264. The Morgan fingerprint density at radius 3 is 2.83 bits per heavy atom. The molecule has 0 radical (unpaired) electrons. The van der Waals surface area contributed by atoms with Crippen LogP contribution in [0, 0.1) is 0 Å². The van der Waals surface area contributed by atoms with Gasteiger partial charge in [0.1, 0.15) is 12.7 Å². The lowest BCUT2D eigenvalue weighted by atomic mass is 10.1. The summed E-state index contributed by atoms with van der Waals surface area (Å²) in [6.07, 6.45) is 6.18. The first kappa shape index (κ1) is 19.1. The molecule has 2 aromatic rings. The normalized spacial score (nSPS) is 11.6. The van der Waals surface area contributed by atoms with Crippen LogP contribution < -0.4 is 11.1 Å². The Kier molecular flexibility index (Phi) is 8.29. The van der Waals surface area contributed by atoms with E-state index in [1.54, 1.807) is 11.0 Å². The molecule has 1 amide bonds. The van der Waals surface area contributed by atoms with Crippen molar-refractivity contribution in [2.75, 3.05) is 6.54 Å². The molecule has 0 aliphatic carbocycles. The van der Waals surface area contributed by atoms with Crippen LogP contribution in [0.1, 0.15) is 42.1 Å².